The molecule has 0 fully saturated rings. The first kappa shape index (κ1) is 22.6. The maximum atomic E-state index is 3.79. The molecule has 4 aromatic carbocycles. The van der Waals surface area contributed by atoms with Crippen LogP contribution < -0.4 is 0 Å². The topological polar surface area (TPSA) is 4.93 Å². The van der Waals surface area contributed by atoms with E-state index >= 15 is 0 Å². The third-order valence-electron chi connectivity index (χ3n) is 8.06. The summed E-state index contributed by atoms with van der Waals surface area (Å²) < 4.78 is 3.65. The summed E-state index contributed by atoms with van der Waals surface area (Å²) >= 11 is 3.79. The van der Waals surface area contributed by atoms with Gasteiger partial charge in [-0.05, 0) is 71.5 Å². The van der Waals surface area contributed by atoms with E-state index in [1.807, 2.05) is 0 Å². The van der Waals surface area contributed by atoms with Gasteiger partial charge in [0.1, 0.15) is 0 Å². The zero-order valence-corrected chi connectivity index (χ0v) is 22.2. The number of nitrogens with zero attached hydrogens (tertiary/aromatic N) is 1. The van der Waals surface area contributed by atoms with Crippen LogP contribution in [0.1, 0.15) is 63.5 Å². The average molecular weight is 523 g/mol. The lowest BCUT2D eigenvalue weighted by Gasteiger charge is -2.33. The number of para-hydroxylation sites is 2. The zero-order valence-electron chi connectivity index (χ0n) is 20.7. The molecule has 0 saturated carbocycles. The average Bonchev–Trinajstić information content (AvgIpc) is 3.36. The zero-order chi connectivity index (χ0) is 24.0. The van der Waals surface area contributed by atoms with Gasteiger partial charge in [0, 0.05) is 26.3 Å². The quantitative estimate of drug-likeness (QED) is 0.200. The molecule has 5 aromatic rings. The molecule has 0 amide bonds. The summed E-state index contributed by atoms with van der Waals surface area (Å²) in [5.74, 6) is 0. The van der Waals surface area contributed by atoms with Crippen molar-refractivity contribution in [1.82, 2.24) is 4.57 Å². The molecular formula is C33H32BrN. The number of hydrogen-bond donors (Lipinski definition) is 0. The molecular weight excluding hydrogens is 490 g/mol. The first-order valence-corrected chi connectivity index (χ1v) is 13.9. The molecule has 1 aromatic heterocycles. The van der Waals surface area contributed by atoms with Gasteiger partial charge >= 0.3 is 0 Å². The van der Waals surface area contributed by atoms with Crippen molar-refractivity contribution in [2.75, 3.05) is 0 Å². The van der Waals surface area contributed by atoms with Crippen molar-refractivity contribution < 1.29 is 0 Å². The van der Waals surface area contributed by atoms with Crippen molar-refractivity contribution in [2.24, 2.45) is 0 Å². The number of aromatic nitrogens is 1. The van der Waals surface area contributed by atoms with Crippen molar-refractivity contribution >= 4 is 37.7 Å². The van der Waals surface area contributed by atoms with E-state index in [9.17, 15) is 0 Å². The van der Waals surface area contributed by atoms with E-state index in [0.29, 0.717) is 0 Å². The summed E-state index contributed by atoms with van der Waals surface area (Å²) in [5.41, 5.74) is 9.78. The molecule has 0 spiro atoms. The monoisotopic (exact) mass is 521 g/mol. The van der Waals surface area contributed by atoms with Gasteiger partial charge in [0.2, 0.25) is 0 Å². The third-order valence-corrected chi connectivity index (χ3v) is 8.55. The minimum absolute atomic E-state index is 0.0786. The Labute approximate surface area is 216 Å². The van der Waals surface area contributed by atoms with E-state index in [-0.39, 0.29) is 5.41 Å². The number of benzene rings is 4. The van der Waals surface area contributed by atoms with Crippen LogP contribution in [0.25, 0.3) is 38.6 Å². The molecule has 0 atom stereocenters. The maximum Gasteiger partial charge on any atom is 0.0541 e. The Morgan fingerprint density at radius 2 is 1.20 bits per heavy atom. The SMILES string of the molecule is CCCCC1(CCCC)c2cc(Br)ccc2-c2ccc(-n3c4ccccc4c4ccccc43)cc21. The molecule has 0 radical (unpaired) electrons. The predicted molar refractivity (Wildman–Crippen MR) is 154 cm³/mol. The highest BCUT2D eigenvalue weighted by atomic mass is 79.9. The molecule has 1 heterocycles. The fourth-order valence-electron chi connectivity index (χ4n) is 6.42. The fraction of sp³-hybridized carbons (Fsp3) is 0.273. The van der Waals surface area contributed by atoms with Gasteiger partial charge in [-0.2, -0.15) is 0 Å². The minimum atomic E-state index is 0.0786. The molecule has 176 valence electrons. The van der Waals surface area contributed by atoms with E-state index < -0.39 is 0 Å². The second kappa shape index (κ2) is 8.99. The highest BCUT2D eigenvalue weighted by Crippen LogP contribution is 2.55. The van der Waals surface area contributed by atoms with E-state index in [0.717, 1.165) is 0 Å². The highest BCUT2D eigenvalue weighted by molar-refractivity contribution is 9.10. The number of halogens is 1. The standard InChI is InChI=1S/C33H32BrN/c1-3-5-19-33(20-6-4-2)29-21-23(34)15-17-25(29)26-18-16-24(22-30(26)33)35-31-13-9-7-11-27(31)28-12-8-10-14-32(28)35/h7-18,21-22H,3-6,19-20H2,1-2H3. The molecule has 0 aliphatic heterocycles. The van der Waals surface area contributed by atoms with Gasteiger partial charge in [0.15, 0.2) is 0 Å². The Balaban J connectivity index is 1.63. The smallest absolute Gasteiger partial charge is 0.0541 e. The van der Waals surface area contributed by atoms with E-state index in [4.69, 9.17) is 0 Å². The first-order chi connectivity index (χ1) is 17.2. The van der Waals surface area contributed by atoms with Crippen LogP contribution in [0.4, 0.5) is 0 Å². The number of hydrogen-bond acceptors (Lipinski definition) is 0. The molecule has 6 rings (SSSR count). The van der Waals surface area contributed by atoms with Crippen LogP contribution in [0.2, 0.25) is 0 Å². The first-order valence-electron chi connectivity index (χ1n) is 13.1. The molecule has 0 N–H and O–H groups in total. The maximum absolute atomic E-state index is 3.79. The lowest BCUT2D eigenvalue weighted by molar-refractivity contribution is 0.414. The summed E-state index contributed by atoms with van der Waals surface area (Å²) in [6, 6.07) is 31.8. The van der Waals surface area contributed by atoms with Crippen LogP contribution in [0, 0.1) is 0 Å². The minimum Gasteiger partial charge on any atom is -0.309 e. The number of fused-ring (bicyclic) bond motifs is 6. The van der Waals surface area contributed by atoms with Gasteiger partial charge in [-0.15, -0.1) is 0 Å². The van der Waals surface area contributed by atoms with Crippen LogP contribution in [0.3, 0.4) is 0 Å². The molecule has 0 bridgehead atoms. The summed E-state index contributed by atoms with van der Waals surface area (Å²) in [5, 5.41) is 2.64. The summed E-state index contributed by atoms with van der Waals surface area (Å²) in [6.45, 7) is 4.64. The van der Waals surface area contributed by atoms with Crippen molar-refractivity contribution in [2.45, 2.75) is 57.8 Å². The Kier molecular flexibility index (Phi) is 5.81. The van der Waals surface area contributed by atoms with Crippen molar-refractivity contribution in [3.05, 3.63) is 101 Å². The second-order valence-corrected chi connectivity index (χ2v) is 11.0. The molecule has 1 aliphatic rings. The van der Waals surface area contributed by atoms with E-state index in [1.165, 1.54) is 92.7 Å². The highest BCUT2D eigenvalue weighted by Gasteiger charge is 2.42. The Morgan fingerprint density at radius 3 is 1.80 bits per heavy atom. The van der Waals surface area contributed by atoms with Gasteiger partial charge in [0.25, 0.3) is 0 Å². The van der Waals surface area contributed by atoms with Crippen LogP contribution in [-0.2, 0) is 5.41 Å². The van der Waals surface area contributed by atoms with Crippen LogP contribution in [0.5, 0.6) is 0 Å². The lowest BCUT2D eigenvalue weighted by Crippen LogP contribution is -2.25. The van der Waals surface area contributed by atoms with Gasteiger partial charge in [0.05, 0.1) is 11.0 Å². The van der Waals surface area contributed by atoms with Gasteiger partial charge in [-0.25, -0.2) is 0 Å². The molecule has 2 heteroatoms. The van der Waals surface area contributed by atoms with Crippen LogP contribution >= 0.6 is 15.9 Å². The molecule has 0 saturated heterocycles. The second-order valence-electron chi connectivity index (χ2n) is 10.1. The van der Waals surface area contributed by atoms with Crippen molar-refractivity contribution in [3.63, 3.8) is 0 Å². The molecule has 1 nitrogen and oxygen atoms in total. The number of rotatable bonds is 7. The summed E-state index contributed by atoms with van der Waals surface area (Å²) in [4.78, 5) is 0. The summed E-state index contributed by atoms with van der Waals surface area (Å²) in [7, 11) is 0. The van der Waals surface area contributed by atoms with E-state index in [1.54, 1.807) is 0 Å². The Bertz CT molecular complexity index is 1480. The van der Waals surface area contributed by atoms with Gasteiger partial charge < -0.3 is 4.57 Å². The Hall–Kier alpha value is -2.84. The van der Waals surface area contributed by atoms with Crippen LogP contribution in [0.15, 0.2) is 89.4 Å². The fourth-order valence-corrected chi connectivity index (χ4v) is 6.78. The van der Waals surface area contributed by atoms with E-state index in [2.05, 4.69) is 119 Å². The van der Waals surface area contributed by atoms with Gasteiger partial charge in [-0.3, -0.25) is 0 Å². The van der Waals surface area contributed by atoms with Crippen molar-refractivity contribution in [3.8, 4) is 16.8 Å². The molecule has 35 heavy (non-hydrogen) atoms. The summed E-state index contributed by atoms with van der Waals surface area (Å²) in [6.07, 6.45) is 7.34. The van der Waals surface area contributed by atoms with Crippen LogP contribution in [-0.4, -0.2) is 4.57 Å². The lowest BCUT2D eigenvalue weighted by atomic mass is 9.71. The predicted octanol–water partition coefficient (Wildman–Crippen LogP) is 10.2. The Morgan fingerprint density at radius 1 is 0.657 bits per heavy atom. The molecule has 1 aliphatic carbocycles. The van der Waals surface area contributed by atoms with Crippen molar-refractivity contribution in [1.29, 1.82) is 0 Å². The third kappa shape index (κ3) is 3.49. The number of unbranched alkanes of at least 4 members (excludes halogenated alkanes) is 2. The van der Waals surface area contributed by atoms with Gasteiger partial charge in [-0.1, -0.05) is 104 Å². The normalized spacial score (nSPS) is 13.9. The largest absolute Gasteiger partial charge is 0.309 e. The molecule has 0 unspecified atom stereocenters.